The Balaban J connectivity index is 2.00. The van der Waals surface area contributed by atoms with Gasteiger partial charge in [-0.25, -0.2) is 19.1 Å². The number of halogens is 2. The van der Waals surface area contributed by atoms with Crippen LogP contribution in [0.5, 0.6) is 0 Å². The number of nitrogens with zero attached hydrogens (tertiary/aromatic N) is 3. The number of carbonyl (C=O) groups excluding carboxylic acids is 4. The first kappa shape index (κ1) is 19.0. The molecule has 1 spiro atoms. The van der Waals surface area contributed by atoms with Crippen LogP contribution in [0.4, 0.5) is 10.1 Å². The number of hydrogen-bond donors (Lipinski definition) is 0. The van der Waals surface area contributed by atoms with Gasteiger partial charge in [0.1, 0.15) is 11.5 Å². The highest BCUT2D eigenvalue weighted by Gasteiger charge is 2.61. The quantitative estimate of drug-likeness (QED) is 0.572. The van der Waals surface area contributed by atoms with E-state index in [2.05, 4.69) is 5.10 Å². The van der Waals surface area contributed by atoms with Crippen LogP contribution in [0, 0.1) is 5.82 Å². The molecule has 2 aliphatic heterocycles. The highest BCUT2D eigenvalue weighted by Crippen LogP contribution is 2.41. The molecule has 0 N–H and O–H groups in total. The SMILES string of the molecule is CCOC(=O)C1=NN(C(C)=O)[C@@]2(CC(=O)N(c3ccc(Cl)c(F)c3)C2=O)C1. The van der Waals surface area contributed by atoms with Crippen molar-refractivity contribution in [3.63, 3.8) is 0 Å². The first-order chi connectivity index (χ1) is 12.7. The minimum Gasteiger partial charge on any atom is -0.461 e. The summed E-state index contributed by atoms with van der Waals surface area (Å²) in [6, 6.07) is 3.49. The standard InChI is InChI=1S/C17H15ClFN3O5/c1-3-27-15(25)13-7-17(22(20-13)9(2)23)8-14(24)21(16(17)26)10-4-5-11(18)12(19)6-10/h4-6H,3,7-8H2,1-2H3/t17-/m1/s1. The van der Waals surface area contributed by atoms with Gasteiger partial charge < -0.3 is 4.74 Å². The topological polar surface area (TPSA) is 96.3 Å². The molecule has 3 rings (SSSR count). The predicted octanol–water partition coefficient (Wildman–Crippen LogP) is 1.65. The number of anilines is 1. The number of imide groups is 1. The zero-order valence-electron chi connectivity index (χ0n) is 14.5. The van der Waals surface area contributed by atoms with Gasteiger partial charge in [-0.2, -0.15) is 5.10 Å². The summed E-state index contributed by atoms with van der Waals surface area (Å²) >= 11 is 5.64. The van der Waals surface area contributed by atoms with Crippen molar-refractivity contribution < 1.29 is 28.3 Å². The Morgan fingerprint density at radius 2 is 2.04 bits per heavy atom. The van der Waals surface area contributed by atoms with Gasteiger partial charge >= 0.3 is 5.97 Å². The second-order valence-electron chi connectivity index (χ2n) is 6.12. The highest BCUT2D eigenvalue weighted by molar-refractivity contribution is 6.39. The Hall–Kier alpha value is -2.81. The summed E-state index contributed by atoms with van der Waals surface area (Å²) in [7, 11) is 0. The number of rotatable bonds is 3. The molecule has 0 saturated carbocycles. The predicted molar refractivity (Wildman–Crippen MR) is 92.5 cm³/mol. The lowest BCUT2D eigenvalue weighted by atomic mass is 9.91. The van der Waals surface area contributed by atoms with Gasteiger partial charge in [0.2, 0.25) is 11.8 Å². The zero-order valence-corrected chi connectivity index (χ0v) is 15.2. The number of hydrazone groups is 1. The fraction of sp³-hybridized carbons (Fsp3) is 0.353. The van der Waals surface area contributed by atoms with Crippen LogP contribution in [-0.4, -0.2) is 46.6 Å². The lowest BCUT2D eigenvalue weighted by Crippen LogP contribution is -2.51. The van der Waals surface area contributed by atoms with Gasteiger partial charge in [-0.1, -0.05) is 11.6 Å². The molecule has 1 atom stereocenters. The van der Waals surface area contributed by atoms with E-state index in [-0.39, 0.29) is 35.9 Å². The lowest BCUT2D eigenvalue weighted by molar-refractivity contribution is -0.141. The van der Waals surface area contributed by atoms with Crippen LogP contribution in [-0.2, 0) is 23.9 Å². The normalized spacial score (nSPS) is 21.9. The van der Waals surface area contributed by atoms with E-state index in [1.165, 1.54) is 19.1 Å². The molecule has 0 aromatic heterocycles. The van der Waals surface area contributed by atoms with Crippen molar-refractivity contribution in [3.8, 4) is 0 Å². The molecule has 10 heteroatoms. The van der Waals surface area contributed by atoms with E-state index in [9.17, 15) is 23.6 Å². The van der Waals surface area contributed by atoms with E-state index >= 15 is 0 Å². The average molecular weight is 396 g/mol. The molecule has 0 aliphatic carbocycles. The largest absolute Gasteiger partial charge is 0.461 e. The van der Waals surface area contributed by atoms with Crippen LogP contribution in [0.15, 0.2) is 23.3 Å². The van der Waals surface area contributed by atoms with Crippen LogP contribution in [0.3, 0.4) is 0 Å². The monoisotopic (exact) mass is 395 g/mol. The van der Waals surface area contributed by atoms with Crippen LogP contribution in [0.2, 0.25) is 5.02 Å². The third kappa shape index (κ3) is 2.97. The Bertz CT molecular complexity index is 903. The van der Waals surface area contributed by atoms with Crippen molar-refractivity contribution in [2.75, 3.05) is 11.5 Å². The number of carbonyl (C=O) groups is 4. The molecule has 1 aromatic carbocycles. The maximum atomic E-state index is 13.8. The van der Waals surface area contributed by atoms with Gasteiger partial charge in [0.05, 0.1) is 23.7 Å². The first-order valence-corrected chi connectivity index (χ1v) is 8.47. The minimum absolute atomic E-state index is 0.0168. The van der Waals surface area contributed by atoms with E-state index in [4.69, 9.17) is 16.3 Å². The summed E-state index contributed by atoms with van der Waals surface area (Å²) in [4.78, 5) is 50.5. The highest BCUT2D eigenvalue weighted by atomic mass is 35.5. The molecule has 1 fully saturated rings. The lowest BCUT2D eigenvalue weighted by Gasteiger charge is -2.28. The summed E-state index contributed by atoms with van der Waals surface area (Å²) in [6.45, 7) is 2.86. The molecule has 27 heavy (non-hydrogen) atoms. The van der Waals surface area contributed by atoms with Gasteiger partial charge in [-0.05, 0) is 25.1 Å². The third-order valence-corrected chi connectivity index (χ3v) is 4.66. The van der Waals surface area contributed by atoms with Crippen molar-refractivity contribution in [1.82, 2.24) is 5.01 Å². The van der Waals surface area contributed by atoms with Gasteiger partial charge in [-0.3, -0.25) is 14.4 Å². The summed E-state index contributed by atoms with van der Waals surface area (Å²) < 4.78 is 18.7. The van der Waals surface area contributed by atoms with Gasteiger partial charge in [0.15, 0.2) is 5.54 Å². The van der Waals surface area contributed by atoms with E-state index in [0.29, 0.717) is 0 Å². The molecule has 1 saturated heterocycles. The second-order valence-corrected chi connectivity index (χ2v) is 6.52. The molecule has 8 nitrogen and oxygen atoms in total. The molecule has 0 unspecified atom stereocenters. The van der Waals surface area contributed by atoms with Gasteiger partial charge in [-0.15, -0.1) is 0 Å². The first-order valence-electron chi connectivity index (χ1n) is 8.09. The molecule has 142 valence electrons. The van der Waals surface area contributed by atoms with Crippen molar-refractivity contribution in [1.29, 1.82) is 0 Å². The molecule has 1 aromatic rings. The molecular formula is C17H15ClFN3O5. The molecule has 2 aliphatic rings. The smallest absolute Gasteiger partial charge is 0.354 e. The Labute approximate surface area is 158 Å². The van der Waals surface area contributed by atoms with Crippen molar-refractivity contribution in [2.24, 2.45) is 5.10 Å². The summed E-state index contributed by atoms with van der Waals surface area (Å²) in [6.07, 6.45) is -0.648. The maximum absolute atomic E-state index is 13.8. The van der Waals surface area contributed by atoms with Gasteiger partial charge in [0.25, 0.3) is 5.91 Å². The number of hydrogen-bond acceptors (Lipinski definition) is 6. The van der Waals surface area contributed by atoms with E-state index in [0.717, 1.165) is 16.0 Å². The van der Waals surface area contributed by atoms with E-state index in [1.54, 1.807) is 6.92 Å². The molecule has 3 amide bonds. The number of esters is 1. The van der Waals surface area contributed by atoms with E-state index in [1.807, 2.05) is 0 Å². The fourth-order valence-corrected chi connectivity index (χ4v) is 3.34. The number of ether oxygens (including phenoxy) is 1. The van der Waals surface area contributed by atoms with Gasteiger partial charge in [0, 0.05) is 13.3 Å². The van der Waals surface area contributed by atoms with Crippen molar-refractivity contribution in [3.05, 3.63) is 29.0 Å². The molecule has 0 bridgehead atoms. The van der Waals surface area contributed by atoms with Crippen LogP contribution < -0.4 is 4.90 Å². The summed E-state index contributed by atoms with van der Waals surface area (Å²) in [5, 5.41) is 4.60. The van der Waals surface area contributed by atoms with E-state index < -0.39 is 35.0 Å². The third-order valence-electron chi connectivity index (χ3n) is 4.35. The average Bonchev–Trinajstić information content (AvgIpc) is 3.10. The zero-order chi connectivity index (χ0) is 19.9. The maximum Gasteiger partial charge on any atom is 0.354 e. The second kappa shape index (κ2) is 6.73. The molecule has 2 heterocycles. The summed E-state index contributed by atoms with van der Waals surface area (Å²) in [5.41, 5.74) is -1.81. The molecular weight excluding hydrogens is 381 g/mol. The van der Waals surface area contributed by atoms with Crippen LogP contribution >= 0.6 is 11.6 Å². The number of amides is 3. The fourth-order valence-electron chi connectivity index (χ4n) is 3.22. The van der Waals surface area contributed by atoms with Crippen molar-refractivity contribution >= 4 is 46.7 Å². The Kier molecular flexibility index (Phi) is 4.73. The Morgan fingerprint density at radius 1 is 1.33 bits per heavy atom. The van der Waals surface area contributed by atoms with Crippen LogP contribution in [0.1, 0.15) is 26.7 Å². The Morgan fingerprint density at radius 3 is 2.63 bits per heavy atom. The summed E-state index contributed by atoms with van der Waals surface area (Å²) in [5.74, 6) is -3.59. The number of benzene rings is 1. The molecule has 0 radical (unpaired) electrons. The van der Waals surface area contributed by atoms with Crippen LogP contribution in [0.25, 0.3) is 0 Å². The van der Waals surface area contributed by atoms with Crippen molar-refractivity contribution in [2.45, 2.75) is 32.2 Å². The minimum atomic E-state index is -1.67.